The second-order valence-electron chi connectivity index (χ2n) is 7.80. The lowest BCUT2D eigenvalue weighted by atomic mass is 9.92. The number of quaternary nitrogens is 1. The fourth-order valence-corrected chi connectivity index (χ4v) is 4.07. The summed E-state index contributed by atoms with van der Waals surface area (Å²) in [7, 11) is 0. The molecule has 13 nitrogen and oxygen atoms in total. The van der Waals surface area contributed by atoms with Crippen molar-refractivity contribution in [1.29, 1.82) is 0 Å². The van der Waals surface area contributed by atoms with E-state index in [1.54, 1.807) is 0 Å². The maximum Gasteiger partial charge on any atom is 0.283 e. The van der Waals surface area contributed by atoms with Crippen molar-refractivity contribution in [3.8, 4) is 5.75 Å². The molecule has 1 saturated heterocycles. The molecule has 0 radical (unpaired) electrons. The van der Waals surface area contributed by atoms with E-state index in [-0.39, 0.29) is 0 Å². The van der Waals surface area contributed by atoms with E-state index in [9.17, 15) is 40.2 Å². The van der Waals surface area contributed by atoms with E-state index >= 15 is 0 Å². The summed E-state index contributed by atoms with van der Waals surface area (Å²) in [5.41, 5.74) is -0.614. The number of benzene rings is 2. The first-order valence-corrected chi connectivity index (χ1v) is 10.1. The van der Waals surface area contributed by atoms with Crippen LogP contribution in [0.25, 0.3) is 0 Å². The Labute approximate surface area is 187 Å². The summed E-state index contributed by atoms with van der Waals surface area (Å²) in [5.74, 6) is -1.13. The molecule has 0 aromatic heterocycles. The Kier molecular flexibility index (Phi) is 6.82. The fourth-order valence-electron chi connectivity index (χ4n) is 4.07. The number of amides is 1. The van der Waals surface area contributed by atoms with Gasteiger partial charge in [0.1, 0.15) is 5.69 Å². The average Bonchev–Trinajstić information content (AvgIpc) is 3.18. The number of nitro groups is 3. The highest BCUT2D eigenvalue weighted by molar-refractivity contribution is 5.78. The van der Waals surface area contributed by atoms with E-state index in [2.05, 4.69) is 41.4 Å². The molecule has 2 aliphatic rings. The first-order chi connectivity index (χ1) is 15.6. The van der Waals surface area contributed by atoms with Crippen molar-refractivity contribution in [2.75, 3.05) is 6.54 Å². The van der Waals surface area contributed by atoms with E-state index in [0.717, 1.165) is 25.8 Å². The van der Waals surface area contributed by atoms with E-state index in [4.69, 9.17) is 0 Å². The summed E-state index contributed by atoms with van der Waals surface area (Å²) in [5, 5.41) is 44.4. The largest absolute Gasteiger partial charge is 0.863 e. The Bertz CT molecular complexity index is 1090. The molecule has 2 heterocycles. The van der Waals surface area contributed by atoms with Crippen LogP contribution in [-0.4, -0.2) is 38.2 Å². The SMILES string of the molecule is CC1CC(N2CCCC2=O)c2ccccc2[NH2+]1.O=[N+]([O-])c1cc([N+](=O)[O-])c([O-])c([N+](=O)[O-])c1. The molecule has 2 aromatic carbocycles. The van der Waals surface area contributed by atoms with Gasteiger partial charge in [-0.1, -0.05) is 18.2 Å². The number of carbonyl (C=O) groups excluding carboxylic acids is 1. The molecule has 33 heavy (non-hydrogen) atoms. The topological polar surface area (TPSA) is 189 Å². The number of rotatable bonds is 4. The second kappa shape index (κ2) is 9.56. The molecule has 174 valence electrons. The molecule has 13 heteroatoms. The van der Waals surface area contributed by atoms with Crippen LogP contribution >= 0.6 is 0 Å². The van der Waals surface area contributed by atoms with Crippen molar-refractivity contribution in [3.63, 3.8) is 0 Å². The molecule has 2 aromatic rings. The van der Waals surface area contributed by atoms with Gasteiger partial charge in [-0.05, 0) is 19.4 Å². The molecule has 1 amide bonds. The van der Waals surface area contributed by atoms with Crippen LogP contribution in [0.4, 0.5) is 22.7 Å². The normalized spacial score (nSPS) is 19.3. The Morgan fingerprint density at radius 2 is 1.61 bits per heavy atom. The molecule has 2 aliphatic heterocycles. The first kappa shape index (κ1) is 23.5. The number of nitrogens with zero attached hydrogens (tertiary/aromatic N) is 4. The van der Waals surface area contributed by atoms with E-state index in [0.29, 0.717) is 30.1 Å². The summed E-state index contributed by atoms with van der Waals surface area (Å²) >= 11 is 0. The minimum absolute atomic E-state index is 0.307. The van der Waals surface area contributed by atoms with Gasteiger partial charge in [0.05, 0.1) is 44.7 Å². The highest BCUT2D eigenvalue weighted by Gasteiger charge is 2.36. The Balaban J connectivity index is 0.000000186. The lowest BCUT2D eigenvalue weighted by Crippen LogP contribution is -2.85. The molecule has 0 bridgehead atoms. The molecule has 2 atom stereocenters. The van der Waals surface area contributed by atoms with Gasteiger partial charge in [0, 0.05) is 24.9 Å². The molecule has 0 saturated carbocycles. The zero-order valence-corrected chi connectivity index (χ0v) is 17.6. The van der Waals surface area contributed by atoms with Crippen molar-refractivity contribution in [2.24, 2.45) is 0 Å². The number of para-hydroxylation sites is 1. The Morgan fingerprint density at radius 3 is 2.12 bits per heavy atom. The van der Waals surface area contributed by atoms with Crippen molar-refractivity contribution >= 4 is 28.7 Å². The van der Waals surface area contributed by atoms with Crippen molar-refractivity contribution in [3.05, 3.63) is 72.3 Å². The van der Waals surface area contributed by atoms with Crippen LogP contribution in [0, 0.1) is 30.3 Å². The predicted octanol–water partition coefficient (Wildman–Crippen LogP) is 1.82. The molecular formula is C20H21N5O8. The van der Waals surface area contributed by atoms with Gasteiger partial charge in [0.15, 0.2) is 0 Å². The van der Waals surface area contributed by atoms with Crippen LogP contribution in [0.1, 0.15) is 37.8 Å². The summed E-state index contributed by atoms with van der Waals surface area (Å²) < 4.78 is 0. The highest BCUT2D eigenvalue weighted by Crippen LogP contribution is 2.37. The quantitative estimate of drug-likeness (QED) is 0.407. The van der Waals surface area contributed by atoms with Gasteiger partial charge in [-0.25, -0.2) is 0 Å². The highest BCUT2D eigenvalue weighted by atomic mass is 16.6. The molecule has 4 rings (SSSR count). The third kappa shape index (κ3) is 5.03. The summed E-state index contributed by atoms with van der Waals surface area (Å²) in [4.78, 5) is 41.5. The van der Waals surface area contributed by atoms with E-state index in [1.165, 1.54) is 11.3 Å². The summed E-state index contributed by atoms with van der Waals surface area (Å²) in [6.07, 6.45) is 2.83. The summed E-state index contributed by atoms with van der Waals surface area (Å²) in [6.45, 7) is 3.17. The smallest absolute Gasteiger partial charge is 0.283 e. The number of nitrogens with two attached hydrogens (primary N) is 1. The lowest BCUT2D eigenvalue weighted by molar-refractivity contribution is -0.613. The van der Waals surface area contributed by atoms with Gasteiger partial charge in [-0.2, -0.15) is 0 Å². The Morgan fingerprint density at radius 1 is 1.00 bits per heavy atom. The van der Waals surface area contributed by atoms with E-state index < -0.39 is 37.6 Å². The number of fused-ring (bicyclic) bond motifs is 1. The third-order valence-corrected chi connectivity index (χ3v) is 5.54. The molecule has 2 unspecified atom stereocenters. The first-order valence-electron chi connectivity index (χ1n) is 10.1. The molecule has 2 N–H and O–H groups in total. The van der Waals surface area contributed by atoms with Crippen LogP contribution in [0.15, 0.2) is 36.4 Å². The van der Waals surface area contributed by atoms with E-state index in [1.807, 2.05) is 0 Å². The second-order valence-corrected chi connectivity index (χ2v) is 7.80. The molecular weight excluding hydrogens is 438 g/mol. The maximum absolute atomic E-state index is 11.9. The van der Waals surface area contributed by atoms with Crippen LogP contribution in [0.2, 0.25) is 0 Å². The zero-order chi connectivity index (χ0) is 24.3. The molecule has 0 spiro atoms. The molecule has 0 aliphatic carbocycles. The maximum atomic E-state index is 11.9. The number of hydrogen-bond acceptors (Lipinski definition) is 8. The van der Waals surface area contributed by atoms with Crippen LogP contribution in [0.5, 0.6) is 5.75 Å². The van der Waals surface area contributed by atoms with Gasteiger partial charge >= 0.3 is 0 Å². The van der Waals surface area contributed by atoms with Crippen molar-refractivity contribution in [2.45, 2.75) is 38.3 Å². The average molecular weight is 459 g/mol. The summed E-state index contributed by atoms with van der Waals surface area (Å²) in [6, 6.07) is 10.1. The van der Waals surface area contributed by atoms with Crippen molar-refractivity contribution in [1.82, 2.24) is 4.90 Å². The predicted molar refractivity (Wildman–Crippen MR) is 112 cm³/mol. The minimum atomic E-state index is -1.46. The van der Waals surface area contributed by atoms with Crippen molar-refractivity contribution < 1.29 is 30.0 Å². The van der Waals surface area contributed by atoms with Crippen LogP contribution < -0.4 is 10.4 Å². The lowest BCUT2D eigenvalue weighted by Gasteiger charge is -2.34. The monoisotopic (exact) mass is 459 g/mol. The number of likely N-dealkylation sites (tertiary alicyclic amines) is 1. The number of carbonyl (C=O) groups is 1. The standard InChI is InChI=1S/C14H18N2O.C6H3N3O7/c1-10-9-13(16-8-4-7-14(16)17)11-5-2-3-6-12(11)15-10;10-6-4(8(13)14)1-3(7(11)12)2-5(6)9(15)16/h2-3,5-6,10,13,15H,4,7-9H2,1H3;1-2,10H. The number of nitro benzene ring substituents is 3. The Hall–Kier alpha value is -4.13. The zero-order valence-electron chi connectivity index (χ0n) is 17.6. The fraction of sp³-hybridized carbons (Fsp3) is 0.350. The minimum Gasteiger partial charge on any atom is -0.863 e. The van der Waals surface area contributed by atoms with Gasteiger partial charge in [-0.15, -0.1) is 0 Å². The number of non-ortho nitro benzene ring substituents is 1. The number of hydrogen-bond donors (Lipinski definition) is 1. The van der Waals surface area contributed by atoms with Gasteiger partial charge < -0.3 is 15.3 Å². The van der Waals surface area contributed by atoms with Gasteiger partial charge in [-0.3, -0.25) is 35.1 Å². The van der Waals surface area contributed by atoms with Crippen LogP contribution in [-0.2, 0) is 4.79 Å². The third-order valence-electron chi connectivity index (χ3n) is 5.54. The van der Waals surface area contributed by atoms with Crippen LogP contribution in [0.3, 0.4) is 0 Å². The van der Waals surface area contributed by atoms with Gasteiger partial charge in [0.2, 0.25) is 5.91 Å². The van der Waals surface area contributed by atoms with Gasteiger partial charge in [0.25, 0.3) is 17.1 Å². The molecule has 1 fully saturated rings.